The predicted molar refractivity (Wildman–Crippen MR) is 76.6 cm³/mol. The van der Waals surface area contributed by atoms with Crippen molar-refractivity contribution in [2.45, 2.75) is 45.6 Å². The molecule has 0 saturated heterocycles. The van der Waals surface area contributed by atoms with E-state index in [9.17, 15) is 0 Å². The molecule has 0 fully saturated rings. The van der Waals surface area contributed by atoms with Crippen LogP contribution in [0.5, 0.6) is 5.75 Å². The van der Waals surface area contributed by atoms with Crippen molar-refractivity contribution in [3.8, 4) is 5.75 Å². The topological polar surface area (TPSA) is 35.2 Å². The number of ether oxygens (including phenoxy) is 1. The Balaban J connectivity index is 2.78. The molecule has 3 heteroatoms. The summed E-state index contributed by atoms with van der Waals surface area (Å²) < 4.78 is 5.61. The van der Waals surface area contributed by atoms with Gasteiger partial charge in [0.05, 0.1) is 0 Å². The van der Waals surface area contributed by atoms with Gasteiger partial charge in [0.25, 0.3) is 0 Å². The van der Waals surface area contributed by atoms with Gasteiger partial charge < -0.3 is 10.5 Å². The molecular weight excluding hydrogens is 230 g/mol. The number of hydrogen-bond donors (Lipinski definition) is 1. The minimum absolute atomic E-state index is 0.202. The van der Waals surface area contributed by atoms with Crippen molar-refractivity contribution in [3.63, 3.8) is 0 Å². The average Bonchev–Trinajstić information content (AvgIpc) is 2.29. The van der Waals surface area contributed by atoms with Gasteiger partial charge >= 0.3 is 0 Å². The molecule has 0 amide bonds. The van der Waals surface area contributed by atoms with Crippen LogP contribution in [0.15, 0.2) is 24.3 Å². The summed E-state index contributed by atoms with van der Waals surface area (Å²) in [5, 5.41) is 0. The summed E-state index contributed by atoms with van der Waals surface area (Å²) in [6.45, 7) is 8.52. The van der Waals surface area contributed by atoms with Crippen molar-refractivity contribution >= 4 is 17.2 Å². The van der Waals surface area contributed by atoms with Crippen molar-refractivity contribution in [1.82, 2.24) is 0 Å². The number of thiocarbonyl (C=S) groups is 1. The molecule has 0 saturated carbocycles. The smallest absolute Gasteiger partial charge is 0.145 e. The Hall–Kier alpha value is -1.09. The van der Waals surface area contributed by atoms with Gasteiger partial charge in [-0.1, -0.05) is 45.1 Å². The van der Waals surface area contributed by atoms with Gasteiger partial charge in [0, 0.05) is 0 Å². The van der Waals surface area contributed by atoms with Gasteiger partial charge in [0.15, 0.2) is 0 Å². The van der Waals surface area contributed by atoms with Crippen LogP contribution in [0.2, 0.25) is 0 Å². The van der Waals surface area contributed by atoms with Crippen molar-refractivity contribution in [2.24, 2.45) is 5.73 Å². The summed E-state index contributed by atoms with van der Waals surface area (Å²) in [6, 6.07) is 8.15. The van der Waals surface area contributed by atoms with E-state index < -0.39 is 0 Å². The summed E-state index contributed by atoms with van der Waals surface area (Å²) in [7, 11) is 0. The second-order valence-corrected chi connectivity index (χ2v) is 5.40. The molecule has 94 valence electrons. The molecule has 0 heterocycles. The van der Waals surface area contributed by atoms with Gasteiger partial charge in [-0.15, -0.1) is 0 Å². The van der Waals surface area contributed by atoms with E-state index in [2.05, 4.69) is 32.9 Å². The normalized spacial score (nSPS) is 13.2. The van der Waals surface area contributed by atoms with Gasteiger partial charge in [-0.25, -0.2) is 0 Å². The lowest BCUT2D eigenvalue weighted by Crippen LogP contribution is -2.28. The largest absolute Gasteiger partial charge is 0.484 e. The van der Waals surface area contributed by atoms with Gasteiger partial charge in [0.2, 0.25) is 0 Å². The first-order valence-corrected chi connectivity index (χ1v) is 6.34. The Kier molecular flexibility index (Phi) is 4.52. The maximum Gasteiger partial charge on any atom is 0.145 e. The van der Waals surface area contributed by atoms with Crippen LogP contribution < -0.4 is 10.5 Å². The lowest BCUT2D eigenvalue weighted by molar-refractivity contribution is 0.288. The predicted octanol–water partition coefficient (Wildman–Crippen LogP) is 3.43. The van der Waals surface area contributed by atoms with E-state index in [1.807, 2.05) is 19.1 Å². The molecule has 0 bridgehead atoms. The van der Waals surface area contributed by atoms with Crippen LogP contribution >= 0.6 is 12.2 Å². The molecule has 2 nitrogen and oxygen atoms in total. The van der Waals surface area contributed by atoms with Crippen LogP contribution in [-0.2, 0) is 5.41 Å². The lowest BCUT2D eigenvalue weighted by atomic mass is 9.82. The van der Waals surface area contributed by atoms with E-state index in [1.165, 1.54) is 5.56 Å². The third-order valence-electron chi connectivity index (χ3n) is 3.23. The molecule has 0 aliphatic rings. The Morgan fingerprint density at radius 1 is 1.35 bits per heavy atom. The van der Waals surface area contributed by atoms with Crippen LogP contribution in [0.3, 0.4) is 0 Å². The van der Waals surface area contributed by atoms with E-state index in [0.29, 0.717) is 4.99 Å². The highest BCUT2D eigenvalue weighted by Crippen LogP contribution is 2.28. The number of nitrogens with two attached hydrogens (primary N) is 1. The quantitative estimate of drug-likeness (QED) is 0.814. The highest BCUT2D eigenvalue weighted by molar-refractivity contribution is 7.80. The van der Waals surface area contributed by atoms with E-state index in [4.69, 9.17) is 22.7 Å². The van der Waals surface area contributed by atoms with Gasteiger partial charge in [-0.2, -0.15) is 0 Å². The van der Waals surface area contributed by atoms with Crippen molar-refractivity contribution < 1.29 is 4.74 Å². The monoisotopic (exact) mass is 251 g/mol. The van der Waals surface area contributed by atoms with Crippen LogP contribution in [0.25, 0.3) is 0 Å². The molecular formula is C14H21NOS. The first kappa shape index (κ1) is 14.0. The van der Waals surface area contributed by atoms with Gasteiger partial charge in [-0.3, -0.25) is 0 Å². The van der Waals surface area contributed by atoms with E-state index in [1.54, 1.807) is 0 Å². The van der Waals surface area contributed by atoms with Crippen LogP contribution in [0, 0.1) is 0 Å². The zero-order valence-corrected chi connectivity index (χ0v) is 11.8. The van der Waals surface area contributed by atoms with Crippen LogP contribution in [-0.4, -0.2) is 11.1 Å². The maximum absolute atomic E-state index is 5.61. The minimum atomic E-state index is -0.227. The molecule has 1 unspecified atom stereocenters. The first-order valence-electron chi connectivity index (χ1n) is 5.93. The SMILES string of the molecule is CCC(C)(C)c1ccc(OC(C)C(N)=S)cc1. The van der Waals surface area contributed by atoms with Crippen LogP contribution in [0.1, 0.15) is 39.7 Å². The first-order chi connectivity index (χ1) is 7.86. The Labute approximate surface area is 109 Å². The zero-order chi connectivity index (χ0) is 13.1. The fraction of sp³-hybridized carbons (Fsp3) is 0.500. The molecule has 0 aromatic heterocycles. The van der Waals surface area contributed by atoms with Gasteiger partial charge in [-0.05, 0) is 36.5 Å². The number of hydrogen-bond acceptors (Lipinski definition) is 2. The molecule has 0 aliphatic heterocycles. The molecule has 1 rings (SSSR count). The standard InChI is InChI=1S/C14H21NOS/c1-5-14(3,4)11-6-8-12(9-7-11)16-10(2)13(15)17/h6-10H,5H2,1-4H3,(H2,15,17). The third kappa shape index (κ3) is 3.70. The minimum Gasteiger partial charge on any atom is -0.484 e. The second kappa shape index (κ2) is 5.50. The number of benzene rings is 1. The lowest BCUT2D eigenvalue weighted by Gasteiger charge is -2.23. The molecule has 2 N–H and O–H groups in total. The molecule has 1 atom stereocenters. The van der Waals surface area contributed by atoms with Crippen molar-refractivity contribution in [3.05, 3.63) is 29.8 Å². The summed E-state index contributed by atoms with van der Waals surface area (Å²) >= 11 is 4.87. The van der Waals surface area contributed by atoms with E-state index in [0.717, 1.165) is 12.2 Å². The van der Waals surface area contributed by atoms with E-state index >= 15 is 0 Å². The Bertz CT molecular complexity index is 384. The Morgan fingerprint density at radius 2 is 1.88 bits per heavy atom. The molecule has 1 aromatic rings. The second-order valence-electron chi connectivity index (χ2n) is 4.92. The van der Waals surface area contributed by atoms with Crippen molar-refractivity contribution in [2.75, 3.05) is 0 Å². The van der Waals surface area contributed by atoms with Gasteiger partial charge in [0.1, 0.15) is 16.8 Å². The number of rotatable bonds is 5. The molecule has 17 heavy (non-hydrogen) atoms. The summed E-state index contributed by atoms with van der Waals surface area (Å²) in [5.41, 5.74) is 7.03. The average molecular weight is 251 g/mol. The third-order valence-corrected chi connectivity index (χ3v) is 3.57. The summed E-state index contributed by atoms with van der Waals surface area (Å²) in [5.74, 6) is 0.806. The maximum atomic E-state index is 5.61. The fourth-order valence-corrected chi connectivity index (χ4v) is 1.50. The van der Waals surface area contributed by atoms with Crippen LogP contribution in [0.4, 0.5) is 0 Å². The van der Waals surface area contributed by atoms with E-state index in [-0.39, 0.29) is 11.5 Å². The summed E-state index contributed by atoms with van der Waals surface area (Å²) in [6.07, 6.45) is 0.881. The van der Waals surface area contributed by atoms with Crippen molar-refractivity contribution in [1.29, 1.82) is 0 Å². The highest BCUT2D eigenvalue weighted by atomic mass is 32.1. The highest BCUT2D eigenvalue weighted by Gasteiger charge is 2.17. The zero-order valence-electron chi connectivity index (χ0n) is 11.0. The Morgan fingerprint density at radius 3 is 2.29 bits per heavy atom. The fourth-order valence-electron chi connectivity index (χ4n) is 1.45. The molecule has 1 aromatic carbocycles. The molecule has 0 radical (unpaired) electrons. The molecule has 0 aliphatic carbocycles. The molecule has 0 spiro atoms. The summed E-state index contributed by atoms with van der Waals surface area (Å²) in [4.78, 5) is 0.378.